The summed E-state index contributed by atoms with van der Waals surface area (Å²) >= 11 is 3.76. The predicted octanol–water partition coefficient (Wildman–Crippen LogP) is 1.14. The van der Waals surface area contributed by atoms with Crippen LogP contribution in [0.1, 0.15) is 5.56 Å². The number of methoxy groups -OCH3 is 2. The lowest BCUT2D eigenvalue weighted by Gasteiger charge is -2.08. The van der Waals surface area contributed by atoms with Crippen LogP contribution in [0.2, 0.25) is 0 Å². The molecule has 0 bridgehead atoms. The summed E-state index contributed by atoms with van der Waals surface area (Å²) in [4.78, 5) is 32.3. The Morgan fingerprint density at radius 2 is 1.71 bits per heavy atom. The number of hydrogen-bond acceptors (Lipinski definition) is 6. The Balaban J connectivity index is 3.17. The molecule has 0 unspecified atom stereocenters. The highest BCUT2D eigenvalue weighted by molar-refractivity contribution is 7.85. The van der Waals surface area contributed by atoms with E-state index in [-0.39, 0.29) is 5.70 Å². The van der Waals surface area contributed by atoms with Crippen molar-refractivity contribution in [1.29, 1.82) is 0 Å². The van der Waals surface area contributed by atoms with Gasteiger partial charge in [0.15, 0.2) is 11.5 Å². The van der Waals surface area contributed by atoms with Crippen molar-refractivity contribution < 1.29 is 34.1 Å². The molecule has 1 rings (SSSR count). The first-order valence-corrected chi connectivity index (χ1v) is 6.85. The topological polar surface area (TPSA) is 122 Å². The zero-order chi connectivity index (χ0) is 18.3. The van der Waals surface area contributed by atoms with Gasteiger partial charge in [0.1, 0.15) is 4.91 Å². The molecule has 1 aromatic rings. The van der Waals surface area contributed by atoms with Gasteiger partial charge >= 0.3 is 17.8 Å². The summed E-state index contributed by atoms with van der Waals surface area (Å²) in [6.07, 6.45) is 2.68. The summed E-state index contributed by atoms with van der Waals surface area (Å²) in [6, 6.07) is 4.91. The minimum absolute atomic E-state index is 0.270. The number of nitrogens with one attached hydrogen (secondary N) is 1. The quantitative estimate of drug-likeness (QED) is 0.262. The molecule has 1 aromatic carbocycles. The minimum atomic E-state index is -1.75. The van der Waals surface area contributed by atoms with Gasteiger partial charge in [-0.15, -0.1) is 12.6 Å². The Hall–Kier alpha value is -2.94. The zero-order valence-corrected chi connectivity index (χ0v) is 13.7. The van der Waals surface area contributed by atoms with E-state index in [1.54, 1.807) is 18.2 Å². The number of allylic oxidation sites excluding steroid dienone is 1. The molecule has 0 aliphatic heterocycles. The largest absolute Gasteiger partial charge is 0.493 e. The highest BCUT2D eigenvalue weighted by Crippen LogP contribution is 2.28. The van der Waals surface area contributed by atoms with Crippen LogP contribution < -0.4 is 14.8 Å². The second kappa shape index (κ2) is 8.63. The smallest absolute Gasteiger partial charge is 0.394 e. The van der Waals surface area contributed by atoms with Crippen molar-refractivity contribution in [2.45, 2.75) is 0 Å². The van der Waals surface area contributed by atoms with Crippen LogP contribution in [0.3, 0.4) is 0 Å². The fourth-order valence-electron chi connectivity index (χ4n) is 1.61. The van der Waals surface area contributed by atoms with Gasteiger partial charge in [-0.05, 0) is 23.8 Å². The third-order valence-electron chi connectivity index (χ3n) is 2.75. The first-order chi connectivity index (χ1) is 11.3. The molecule has 0 aliphatic rings. The molecule has 24 heavy (non-hydrogen) atoms. The van der Waals surface area contributed by atoms with Gasteiger partial charge in [0.25, 0.3) is 0 Å². The molecule has 0 saturated carbocycles. The van der Waals surface area contributed by atoms with Crippen molar-refractivity contribution in [3.8, 4) is 11.5 Å². The maximum absolute atomic E-state index is 11.2. The fourth-order valence-corrected chi connectivity index (χ4v) is 1.74. The number of carboxylic acids is 2. The number of ether oxygens (including phenoxy) is 2. The molecule has 0 aliphatic carbocycles. The summed E-state index contributed by atoms with van der Waals surface area (Å²) in [5.41, 5.74) is 0.328. The van der Waals surface area contributed by atoms with Crippen molar-refractivity contribution in [2.75, 3.05) is 14.2 Å². The SMILES string of the molecule is COc1ccc(/C=C/C(NC(=O)C(=O)O)=C(\S)C(=O)O)cc1OC. The molecule has 3 N–H and O–H groups in total. The van der Waals surface area contributed by atoms with Crippen LogP contribution in [0.15, 0.2) is 34.9 Å². The molecule has 9 heteroatoms. The summed E-state index contributed by atoms with van der Waals surface area (Å²) in [5.74, 6) is -3.60. The van der Waals surface area contributed by atoms with Crippen LogP contribution in [-0.2, 0) is 14.4 Å². The molecule has 128 valence electrons. The number of aliphatic carboxylic acids is 2. The van der Waals surface area contributed by atoms with Crippen LogP contribution in [0.5, 0.6) is 11.5 Å². The lowest BCUT2D eigenvalue weighted by molar-refractivity contribution is -0.149. The Bertz CT molecular complexity index is 725. The highest BCUT2D eigenvalue weighted by Gasteiger charge is 2.16. The number of carbonyl (C=O) groups excluding carboxylic acids is 1. The molecule has 0 saturated heterocycles. The van der Waals surface area contributed by atoms with E-state index in [1.807, 2.05) is 5.32 Å². The number of rotatable bonds is 6. The van der Waals surface area contributed by atoms with Gasteiger partial charge < -0.3 is 25.0 Å². The minimum Gasteiger partial charge on any atom is -0.493 e. The first-order valence-electron chi connectivity index (χ1n) is 6.41. The number of carboxylic acid groups (broad SMARTS) is 2. The second-order valence-corrected chi connectivity index (χ2v) is 4.72. The Kier molecular flexibility index (Phi) is 6.87. The summed E-state index contributed by atoms with van der Waals surface area (Å²) in [5, 5.41) is 19.5. The van der Waals surface area contributed by atoms with Gasteiger partial charge in [-0.3, -0.25) is 4.79 Å². The van der Waals surface area contributed by atoms with E-state index >= 15 is 0 Å². The van der Waals surface area contributed by atoms with Crippen molar-refractivity contribution in [3.63, 3.8) is 0 Å². The standard InChI is InChI=1S/C15H15NO7S/c1-22-10-6-4-8(7-11(10)23-2)3-5-9(12(24)14(18)19)16-13(17)15(20)21/h3-7,24H,1-2H3,(H,16,17)(H,18,19)(H,20,21)/b5-3+,12-9+. The third kappa shape index (κ3) is 5.06. The van der Waals surface area contributed by atoms with Crippen LogP contribution in [-0.4, -0.2) is 42.3 Å². The normalized spacial score (nSPS) is 11.6. The Morgan fingerprint density at radius 1 is 1.08 bits per heavy atom. The molecular weight excluding hydrogens is 338 g/mol. The maximum atomic E-state index is 11.2. The van der Waals surface area contributed by atoms with E-state index in [1.165, 1.54) is 26.4 Å². The molecule has 8 nitrogen and oxygen atoms in total. The molecule has 0 aromatic heterocycles. The van der Waals surface area contributed by atoms with Gasteiger partial charge in [-0.2, -0.15) is 0 Å². The fraction of sp³-hybridized carbons (Fsp3) is 0.133. The Morgan fingerprint density at radius 3 is 2.21 bits per heavy atom. The van der Waals surface area contributed by atoms with E-state index in [0.29, 0.717) is 17.1 Å². The van der Waals surface area contributed by atoms with E-state index in [9.17, 15) is 14.4 Å². The van der Waals surface area contributed by atoms with Crippen LogP contribution in [0.25, 0.3) is 6.08 Å². The summed E-state index contributed by atoms with van der Waals surface area (Å²) in [7, 11) is 2.94. The first kappa shape index (κ1) is 19.1. The predicted molar refractivity (Wildman–Crippen MR) is 88.0 cm³/mol. The van der Waals surface area contributed by atoms with Gasteiger partial charge in [-0.25, -0.2) is 9.59 Å². The number of amides is 1. The molecule has 0 fully saturated rings. The van der Waals surface area contributed by atoms with E-state index in [0.717, 1.165) is 0 Å². The average molecular weight is 353 g/mol. The molecule has 0 heterocycles. The van der Waals surface area contributed by atoms with Crippen LogP contribution in [0, 0.1) is 0 Å². The lowest BCUT2D eigenvalue weighted by atomic mass is 10.1. The number of benzene rings is 1. The van der Waals surface area contributed by atoms with Crippen LogP contribution in [0.4, 0.5) is 0 Å². The van der Waals surface area contributed by atoms with Gasteiger partial charge in [0, 0.05) is 0 Å². The Labute approximate surface area is 142 Å². The van der Waals surface area contributed by atoms with Crippen molar-refractivity contribution in [1.82, 2.24) is 5.32 Å². The molecular formula is C15H15NO7S. The van der Waals surface area contributed by atoms with Gasteiger partial charge in [-0.1, -0.05) is 12.1 Å². The molecule has 0 spiro atoms. The number of hydrogen-bond donors (Lipinski definition) is 4. The van der Waals surface area contributed by atoms with E-state index < -0.39 is 22.8 Å². The lowest BCUT2D eigenvalue weighted by Crippen LogP contribution is -2.30. The zero-order valence-electron chi connectivity index (χ0n) is 12.8. The van der Waals surface area contributed by atoms with Gasteiger partial charge in [0.2, 0.25) is 0 Å². The number of carbonyl (C=O) groups is 3. The van der Waals surface area contributed by atoms with E-state index in [2.05, 4.69) is 12.6 Å². The maximum Gasteiger partial charge on any atom is 0.394 e. The summed E-state index contributed by atoms with van der Waals surface area (Å²) in [6.45, 7) is 0. The molecule has 0 atom stereocenters. The van der Waals surface area contributed by atoms with Crippen molar-refractivity contribution >= 4 is 36.6 Å². The summed E-state index contributed by atoms with van der Waals surface area (Å²) < 4.78 is 10.2. The average Bonchev–Trinajstić information content (AvgIpc) is 2.56. The third-order valence-corrected chi connectivity index (χ3v) is 3.18. The van der Waals surface area contributed by atoms with Crippen molar-refractivity contribution in [2.24, 2.45) is 0 Å². The van der Waals surface area contributed by atoms with Crippen LogP contribution >= 0.6 is 12.6 Å². The highest BCUT2D eigenvalue weighted by atomic mass is 32.1. The second-order valence-electron chi connectivity index (χ2n) is 4.27. The molecule has 0 radical (unpaired) electrons. The number of thiol groups is 1. The van der Waals surface area contributed by atoms with Gasteiger partial charge in [0.05, 0.1) is 19.9 Å². The van der Waals surface area contributed by atoms with E-state index in [4.69, 9.17) is 19.7 Å². The monoisotopic (exact) mass is 353 g/mol. The van der Waals surface area contributed by atoms with Crippen molar-refractivity contribution in [3.05, 3.63) is 40.4 Å². The molecule has 1 amide bonds.